The lowest BCUT2D eigenvalue weighted by molar-refractivity contribution is 0.184. The monoisotopic (exact) mass is 232 g/mol. The van der Waals surface area contributed by atoms with Crippen molar-refractivity contribution >= 4 is 5.82 Å². The van der Waals surface area contributed by atoms with Crippen LogP contribution in [0.5, 0.6) is 0 Å². The van der Waals surface area contributed by atoms with Crippen molar-refractivity contribution in [1.29, 1.82) is 0 Å². The van der Waals surface area contributed by atoms with Gasteiger partial charge in [-0.2, -0.15) is 0 Å². The van der Waals surface area contributed by atoms with E-state index >= 15 is 0 Å². The number of rotatable bonds is 4. The van der Waals surface area contributed by atoms with E-state index in [1.54, 1.807) is 7.11 Å². The van der Waals surface area contributed by atoms with Gasteiger partial charge in [-0.25, -0.2) is 4.98 Å². The zero-order chi connectivity index (χ0) is 11.8. The highest BCUT2D eigenvalue weighted by atomic mass is 16.5. The quantitative estimate of drug-likeness (QED) is 0.796. The van der Waals surface area contributed by atoms with Crippen molar-refractivity contribution in [2.75, 3.05) is 31.7 Å². The minimum atomic E-state index is 0.425. The van der Waals surface area contributed by atoms with Gasteiger partial charge in [0.05, 0.1) is 6.61 Å². The second-order valence-electron chi connectivity index (χ2n) is 5.47. The molecule has 1 aliphatic heterocycles. The minimum absolute atomic E-state index is 0.425. The lowest BCUT2D eigenvalue weighted by Gasteiger charge is -2.19. The molecule has 3 nitrogen and oxygen atoms in total. The molecule has 3 atom stereocenters. The van der Waals surface area contributed by atoms with E-state index < -0.39 is 0 Å². The third-order valence-corrected chi connectivity index (χ3v) is 4.06. The zero-order valence-electron chi connectivity index (χ0n) is 10.6. The van der Waals surface area contributed by atoms with Crippen LogP contribution in [0.15, 0.2) is 18.3 Å². The fourth-order valence-electron chi connectivity index (χ4n) is 2.81. The number of piperidine rings is 1. The Kier molecular flexibility index (Phi) is 2.79. The maximum Gasteiger partial charge on any atom is 0.128 e. The smallest absolute Gasteiger partial charge is 0.128 e. The summed E-state index contributed by atoms with van der Waals surface area (Å²) in [5, 5.41) is 0. The molecule has 0 amide bonds. The number of ether oxygens (including phenoxy) is 1. The minimum Gasteiger partial charge on any atom is -0.384 e. The third-order valence-electron chi connectivity index (χ3n) is 4.06. The highest BCUT2D eigenvalue weighted by Crippen LogP contribution is 2.45. The first kappa shape index (κ1) is 11.0. The van der Waals surface area contributed by atoms with Crippen LogP contribution < -0.4 is 4.90 Å². The summed E-state index contributed by atoms with van der Waals surface area (Å²) in [4.78, 5) is 7.01. The normalized spacial score (nSPS) is 28.0. The van der Waals surface area contributed by atoms with Gasteiger partial charge < -0.3 is 9.64 Å². The molecule has 3 unspecified atom stereocenters. The van der Waals surface area contributed by atoms with Gasteiger partial charge in [0.15, 0.2) is 0 Å². The molecule has 1 aliphatic carbocycles. The molecule has 2 aliphatic rings. The number of fused-ring (bicyclic) bond motifs is 1. The van der Waals surface area contributed by atoms with E-state index in [2.05, 4.69) is 28.9 Å². The molecule has 0 N–H and O–H groups in total. The summed E-state index contributed by atoms with van der Waals surface area (Å²) in [5.41, 5.74) is 1.26. The summed E-state index contributed by atoms with van der Waals surface area (Å²) in [5.74, 6) is 3.49. The number of hydrogen-bond acceptors (Lipinski definition) is 3. The number of hydrogen-bond donors (Lipinski definition) is 0. The molecule has 1 aromatic rings. The third kappa shape index (κ3) is 2.16. The fraction of sp³-hybridized carbons (Fsp3) is 0.643. The SMILES string of the molecule is COCC(C)c1ccc(N2CC3CC3C2)nc1. The van der Waals surface area contributed by atoms with Gasteiger partial charge in [0.1, 0.15) is 5.82 Å². The zero-order valence-corrected chi connectivity index (χ0v) is 10.6. The van der Waals surface area contributed by atoms with Crippen LogP contribution >= 0.6 is 0 Å². The molecule has 1 aromatic heterocycles. The summed E-state index contributed by atoms with van der Waals surface area (Å²) in [6.07, 6.45) is 3.45. The van der Waals surface area contributed by atoms with Gasteiger partial charge in [0.25, 0.3) is 0 Å². The van der Waals surface area contributed by atoms with Crippen LogP contribution in [-0.2, 0) is 4.74 Å². The Hall–Kier alpha value is -1.09. The number of anilines is 1. The summed E-state index contributed by atoms with van der Waals surface area (Å²) in [6, 6.07) is 4.35. The Labute approximate surface area is 103 Å². The number of nitrogens with zero attached hydrogens (tertiary/aromatic N) is 2. The molecular formula is C14H20N2O. The van der Waals surface area contributed by atoms with Crippen molar-refractivity contribution in [2.24, 2.45) is 11.8 Å². The lowest BCUT2D eigenvalue weighted by atomic mass is 10.0. The van der Waals surface area contributed by atoms with Crippen LogP contribution in [0.1, 0.15) is 24.8 Å². The van der Waals surface area contributed by atoms with E-state index in [-0.39, 0.29) is 0 Å². The van der Waals surface area contributed by atoms with Crippen LogP contribution in [-0.4, -0.2) is 31.8 Å². The molecule has 0 bridgehead atoms. The second kappa shape index (κ2) is 4.30. The van der Waals surface area contributed by atoms with Gasteiger partial charge in [-0.3, -0.25) is 0 Å². The van der Waals surface area contributed by atoms with Crippen molar-refractivity contribution in [3.63, 3.8) is 0 Å². The van der Waals surface area contributed by atoms with Gasteiger partial charge in [0, 0.05) is 32.3 Å². The van der Waals surface area contributed by atoms with E-state index in [9.17, 15) is 0 Å². The Morgan fingerprint density at radius 2 is 2.18 bits per heavy atom. The molecule has 2 heterocycles. The Morgan fingerprint density at radius 3 is 2.76 bits per heavy atom. The predicted octanol–water partition coefficient (Wildman–Crippen LogP) is 2.29. The average molecular weight is 232 g/mol. The summed E-state index contributed by atoms with van der Waals surface area (Å²) >= 11 is 0. The topological polar surface area (TPSA) is 25.4 Å². The number of aromatic nitrogens is 1. The standard InChI is InChI=1S/C14H20N2O/c1-10(9-17-2)11-3-4-14(15-6-11)16-7-12-5-13(12)8-16/h3-4,6,10,12-13H,5,7-9H2,1-2H3. The first-order valence-corrected chi connectivity index (χ1v) is 6.47. The highest BCUT2D eigenvalue weighted by molar-refractivity contribution is 5.42. The van der Waals surface area contributed by atoms with E-state index in [4.69, 9.17) is 4.74 Å². The first-order valence-electron chi connectivity index (χ1n) is 6.47. The van der Waals surface area contributed by atoms with Crippen molar-refractivity contribution in [3.05, 3.63) is 23.9 Å². The average Bonchev–Trinajstić information content (AvgIpc) is 2.97. The molecule has 92 valence electrons. The molecular weight excluding hydrogens is 212 g/mol. The Balaban J connectivity index is 1.67. The van der Waals surface area contributed by atoms with Crippen LogP contribution in [0.4, 0.5) is 5.82 Å². The van der Waals surface area contributed by atoms with E-state index in [0.29, 0.717) is 5.92 Å². The molecule has 0 radical (unpaired) electrons. The maximum absolute atomic E-state index is 5.17. The predicted molar refractivity (Wildman–Crippen MR) is 68.3 cm³/mol. The highest BCUT2D eigenvalue weighted by Gasteiger charge is 2.45. The molecule has 1 saturated carbocycles. The summed E-state index contributed by atoms with van der Waals surface area (Å²) in [6.45, 7) is 5.36. The fourth-order valence-corrected chi connectivity index (χ4v) is 2.81. The van der Waals surface area contributed by atoms with Gasteiger partial charge >= 0.3 is 0 Å². The second-order valence-corrected chi connectivity index (χ2v) is 5.47. The van der Waals surface area contributed by atoms with E-state index in [0.717, 1.165) is 24.3 Å². The molecule has 2 fully saturated rings. The summed E-state index contributed by atoms with van der Waals surface area (Å²) < 4.78 is 5.17. The van der Waals surface area contributed by atoms with Gasteiger partial charge in [-0.1, -0.05) is 13.0 Å². The van der Waals surface area contributed by atoms with Crippen molar-refractivity contribution in [1.82, 2.24) is 4.98 Å². The lowest BCUT2D eigenvalue weighted by Crippen LogP contribution is -2.22. The Bertz CT molecular complexity index is 380. The first-order chi connectivity index (χ1) is 8.28. The van der Waals surface area contributed by atoms with Crippen molar-refractivity contribution < 1.29 is 4.74 Å². The van der Waals surface area contributed by atoms with E-state index in [1.165, 1.54) is 25.1 Å². The van der Waals surface area contributed by atoms with Crippen LogP contribution in [0.25, 0.3) is 0 Å². The number of pyridine rings is 1. The van der Waals surface area contributed by atoms with E-state index in [1.807, 2.05) is 6.20 Å². The van der Waals surface area contributed by atoms with Crippen LogP contribution in [0, 0.1) is 11.8 Å². The van der Waals surface area contributed by atoms with Gasteiger partial charge in [-0.15, -0.1) is 0 Å². The summed E-state index contributed by atoms with van der Waals surface area (Å²) in [7, 11) is 1.74. The van der Waals surface area contributed by atoms with Crippen LogP contribution in [0.3, 0.4) is 0 Å². The number of methoxy groups -OCH3 is 1. The molecule has 1 saturated heterocycles. The van der Waals surface area contributed by atoms with Crippen molar-refractivity contribution in [3.8, 4) is 0 Å². The van der Waals surface area contributed by atoms with Gasteiger partial charge in [-0.05, 0) is 29.9 Å². The molecule has 0 aromatic carbocycles. The van der Waals surface area contributed by atoms with Crippen LogP contribution in [0.2, 0.25) is 0 Å². The van der Waals surface area contributed by atoms with Crippen molar-refractivity contribution in [2.45, 2.75) is 19.3 Å². The molecule has 3 heteroatoms. The Morgan fingerprint density at radius 1 is 1.41 bits per heavy atom. The molecule has 3 rings (SSSR count). The molecule has 0 spiro atoms. The largest absolute Gasteiger partial charge is 0.384 e. The maximum atomic E-state index is 5.17. The molecule has 17 heavy (non-hydrogen) atoms. The van der Waals surface area contributed by atoms with Gasteiger partial charge in [0.2, 0.25) is 0 Å².